The topological polar surface area (TPSA) is 67.8 Å². The third-order valence-corrected chi connectivity index (χ3v) is 4.62. The highest BCUT2D eigenvalue weighted by Gasteiger charge is 2.33. The molecule has 2 unspecified atom stereocenters. The van der Waals surface area contributed by atoms with Crippen LogP contribution in [0, 0.1) is 5.92 Å². The average molecular weight is 320 g/mol. The predicted octanol–water partition coefficient (Wildman–Crippen LogP) is 0.949. The van der Waals surface area contributed by atoms with Crippen LogP contribution in [0.15, 0.2) is 12.3 Å². The van der Waals surface area contributed by atoms with Crippen molar-refractivity contribution in [3.63, 3.8) is 0 Å². The van der Waals surface area contributed by atoms with Crippen LogP contribution in [-0.4, -0.2) is 66.8 Å². The first-order valence-electron chi connectivity index (χ1n) is 8.21. The number of rotatable bonds is 3. The van der Waals surface area contributed by atoms with Crippen molar-refractivity contribution in [2.24, 2.45) is 5.92 Å². The smallest absolute Gasteiger partial charge is 0.228 e. The van der Waals surface area contributed by atoms with Gasteiger partial charge in [-0.2, -0.15) is 4.98 Å². The Bertz CT molecular complexity index is 546. The van der Waals surface area contributed by atoms with E-state index in [1.54, 1.807) is 19.4 Å². The van der Waals surface area contributed by atoms with Crippen LogP contribution in [0.25, 0.3) is 0 Å². The van der Waals surface area contributed by atoms with E-state index < -0.39 is 0 Å². The quantitative estimate of drug-likeness (QED) is 0.826. The standard InChI is InChI=1S/C16H24N4O3/c1-12-13(4-3-11-23-12)15(21)19-7-9-20(10-8-19)16-17-6-5-14(18-16)22-2/h5-6,12-13H,3-4,7-11H2,1-2H3. The molecule has 1 aromatic rings. The van der Waals surface area contributed by atoms with Gasteiger partial charge in [0.1, 0.15) is 0 Å². The van der Waals surface area contributed by atoms with Gasteiger partial charge in [-0.05, 0) is 19.8 Å². The zero-order valence-electron chi connectivity index (χ0n) is 13.8. The second-order valence-corrected chi connectivity index (χ2v) is 6.04. The van der Waals surface area contributed by atoms with Gasteiger partial charge in [0.15, 0.2) is 0 Å². The number of piperazine rings is 1. The number of hydrogen-bond acceptors (Lipinski definition) is 6. The zero-order chi connectivity index (χ0) is 16.2. The second-order valence-electron chi connectivity index (χ2n) is 6.04. The lowest BCUT2D eigenvalue weighted by molar-refractivity contribution is -0.144. The van der Waals surface area contributed by atoms with Gasteiger partial charge in [0.2, 0.25) is 17.7 Å². The van der Waals surface area contributed by atoms with Crippen molar-refractivity contribution in [3.05, 3.63) is 12.3 Å². The minimum absolute atomic E-state index is 0.00312. The van der Waals surface area contributed by atoms with Crippen molar-refractivity contribution in [3.8, 4) is 5.88 Å². The van der Waals surface area contributed by atoms with Crippen molar-refractivity contribution in [2.75, 3.05) is 44.8 Å². The molecule has 3 rings (SSSR count). The van der Waals surface area contributed by atoms with Gasteiger partial charge < -0.3 is 19.3 Å². The molecule has 7 nitrogen and oxygen atoms in total. The Hall–Kier alpha value is -1.89. The molecule has 2 aliphatic heterocycles. The van der Waals surface area contributed by atoms with Crippen molar-refractivity contribution in [1.29, 1.82) is 0 Å². The molecule has 0 N–H and O–H groups in total. The van der Waals surface area contributed by atoms with Gasteiger partial charge in [0.05, 0.1) is 19.1 Å². The minimum Gasteiger partial charge on any atom is -0.481 e. The molecule has 2 aliphatic rings. The average Bonchev–Trinajstić information content (AvgIpc) is 2.62. The van der Waals surface area contributed by atoms with E-state index in [0.29, 0.717) is 24.9 Å². The Morgan fingerprint density at radius 2 is 2.13 bits per heavy atom. The normalized spacial score (nSPS) is 25.3. The van der Waals surface area contributed by atoms with Gasteiger partial charge in [0, 0.05) is 45.0 Å². The Morgan fingerprint density at radius 3 is 2.83 bits per heavy atom. The first kappa shape index (κ1) is 16.0. The predicted molar refractivity (Wildman–Crippen MR) is 85.5 cm³/mol. The number of hydrogen-bond donors (Lipinski definition) is 0. The fraction of sp³-hybridized carbons (Fsp3) is 0.688. The molecular weight excluding hydrogens is 296 g/mol. The second kappa shape index (κ2) is 7.12. The maximum Gasteiger partial charge on any atom is 0.228 e. The van der Waals surface area contributed by atoms with Crippen LogP contribution in [0.4, 0.5) is 5.95 Å². The molecule has 23 heavy (non-hydrogen) atoms. The maximum absolute atomic E-state index is 12.7. The molecule has 2 atom stereocenters. The first-order valence-corrected chi connectivity index (χ1v) is 8.21. The number of ether oxygens (including phenoxy) is 2. The van der Waals surface area contributed by atoms with Crippen LogP contribution in [0.5, 0.6) is 5.88 Å². The number of carbonyl (C=O) groups is 1. The Morgan fingerprint density at radius 1 is 1.35 bits per heavy atom. The van der Waals surface area contributed by atoms with Gasteiger partial charge >= 0.3 is 0 Å². The monoisotopic (exact) mass is 320 g/mol. The molecule has 7 heteroatoms. The molecule has 2 fully saturated rings. The fourth-order valence-electron chi connectivity index (χ4n) is 3.21. The summed E-state index contributed by atoms with van der Waals surface area (Å²) in [6, 6.07) is 1.73. The molecule has 0 aliphatic carbocycles. The number of nitrogens with zero attached hydrogens (tertiary/aromatic N) is 4. The summed E-state index contributed by atoms with van der Waals surface area (Å²) >= 11 is 0. The Kier molecular flexibility index (Phi) is 4.95. The molecule has 2 saturated heterocycles. The summed E-state index contributed by atoms with van der Waals surface area (Å²) in [5.41, 5.74) is 0. The third kappa shape index (κ3) is 3.55. The van der Waals surface area contributed by atoms with Crippen LogP contribution in [0.2, 0.25) is 0 Å². The van der Waals surface area contributed by atoms with Crippen LogP contribution in [-0.2, 0) is 9.53 Å². The number of amides is 1. The van der Waals surface area contributed by atoms with Gasteiger partial charge in [-0.1, -0.05) is 0 Å². The summed E-state index contributed by atoms with van der Waals surface area (Å²) in [6.07, 6.45) is 3.62. The van der Waals surface area contributed by atoms with E-state index in [0.717, 1.165) is 32.5 Å². The summed E-state index contributed by atoms with van der Waals surface area (Å²) in [6.45, 7) is 5.64. The van der Waals surface area contributed by atoms with E-state index in [9.17, 15) is 4.79 Å². The molecule has 0 radical (unpaired) electrons. The van der Waals surface area contributed by atoms with E-state index in [2.05, 4.69) is 14.9 Å². The largest absolute Gasteiger partial charge is 0.481 e. The lowest BCUT2D eigenvalue weighted by Crippen LogP contribution is -2.52. The summed E-state index contributed by atoms with van der Waals surface area (Å²) in [4.78, 5) is 25.4. The molecule has 1 aromatic heterocycles. The highest BCUT2D eigenvalue weighted by Crippen LogP contribution is 2.24. The first-order chi connectivity index (χ1) is 11.2. The highest BCUT2D eigenvalue weighted by atomic mass is 16.5. The molecule has 0 aromatic carbocycles. The molecule has 0 saturated carbocycles. The number of methoxy groups -OCH3 is 1. The zero-order valence-corrected chi connectivity index (χ0v) is 13.8. The third-order valence-electron chi connectivity index (χ3n) is 4.62. The molecule has 126 valence electrons. The van der Waals surface area contributed by atoms with E-state index in [4.69, 9.17) is 9.47 Å². The fourth-order valence-corrected chi connectivity index (χ4v) is 3.21. The molecule has 0 spiro atoms. The van der Waals surface area contributed by atoms with E-state index >= 15 is 0 Å². The summed E-state index contributed by atoms with van der Waals surface area (Å²) in [7, 11) is 1.59. The van der Waals surface area contributed by atoms with Crippen molar-refractivity contribution in [1.82, 2.24) is 14.9 Å². The van der Waals surface area contributed by atoms with Gasteiger partial charge in [0.25, 0.3) is 0 Å². The van der Waals surface area contributed by atoms with Gasteiger partial charge in [-0.15, -0.1) is 0 Å². The minimum atomic E-state index is 0.00312. The van der Waals surface area contributed by atoms with Crippen LogP contribution < -0.4 is 9.64 Å². The molecule has 1 amide bonds. The van der Waals surface area contributed by atoms with Crippen LogP contribution >= 0.6 is 0 Å². The van der Waals surface area contributed by atoms with Crippen molar-refractivity contribution < 1.29 is 14.3 Å². The van der Waals surface area contributed by atoms with E-state index in [-0.39, 0.29) is 17.9 Å². The van der Waals surface area contributed by atoms with Crippen LogP contribution in [0.3, 0.4) is 0 Å². The number of aromatic nitrogens is 2. The van der Waals surface area contributed by atoms with E-state index in [1.807, 2.05) is 11.8 Å². The number of carbonyl (C=O) groups excluding carboxylic acids is 1. The highest BCUT2D eigenvalue weighted by molar-refractivity contribution is 5.79. The lowest BCUT2D eigenvalue weighted by atomic mass is 9.93. The van der Waals surface area contributed by atoms with Gasteiger partial charge in [-0.3, -0.25) is 4.79 Å². The number of anilines is 1. The van der Waals surface area contributed by atoms with Crippen molar-refractivity contribution >= 4 is 11.9 Å². The van der Waals surface area contributed by atoms with Gasteiger partial charge in [-0.25, -0.2) is 4.98 Å². The van der Waals surface area contributed by atoms with Crippen LogP contribution in [0.1, 0.15) is 19.8 Å². The molecule has 0 bridgehead atoms. The van der Waals surface area contributed by atoms with E-state index in [1.165, 1.54) is 0 Å². The molecule has 3 heterocycles. The Labute approximate surface area is 136 Å². The summed E-state index contributed by atoms with van der Waals surface area (Å²) in [5, 5.41) is 0. The summed E-state index contributed by atoms with van der Waals surface area (Å²) in [5.74, 6) is 1.44. The lowest BCUT2D eigenvalue weighted by Gasteiger charge is -2.38. The Balaban J connectivity index is 1.58. The summed E-state index contributed by atoms with van der Waals surface area (Å²) < 4.78 is 10.8. The SMILES string of the molecule is COc1ccnc(N2CCN(C(=O)C3CCCOC3C)CC2)n1. The van der Waals surface area contributed by atoms with Crippen molar-refractivity contribution in [2.45, 2.75) is 25.9 Å². The maximum atomic E-state index is 12.7. The molecular formula is C16H24N4O3.